The highest BCUT2D eigenvalue weighted by Crippen LogP contribution is 2.22. The molecular formula is C12H13N2O2. The van der Waals surface area contributed by atoms with Crippen molar-refractivity contribution in [3.63, 3.8) is 0 Å². The van der Waals surface area contributed by atoms with E-state index in [9.17, 15) is 0 Å². The second-order valence-electron chi connectivity index (χ2n) is 3.40. The van der Waals surface area contributed by atoms with E-state index in [1.54, 1.807) is 26.7 Å². The van der Waals surface area contributed by atoms with Crippen LogP contribution in [0.2, 0.25) is 0 Å². The average Bonchev–Trinajstić information content (AvgIpc) is 2.81. The van der Waals surface area contributed by atoms with E-state index in [1.807, 2.05) is 22.8 Å². The van der Waals surface area contributed by atoms with Crippen LogP contribution >= 0.6 is 0 Å². The third kappa shape index (κ3) is 2.34. The Labute approximate surface area is 94.4 Å². The quantitative estimate of drug-likeness (QED) is 0.782. The lowest BCUT2D eigenvalue weighted by Crippen LogP contribution is -1.98. The van der Waals surface area contributed by atoms with Crippen molar-refractivity contribution in [2.45, 2.75) is 6.54 Å². The zero-order chi connectivity index (χ0) is 11.4. The van der Waals surface area contributed by atoms with Gasteiger partial charge < -0.3 is 14.0 Å². The molecule has 1 aromatic heterocycles. The third-order valence-electron chi connectivity index (χ3n) is 2.28. The summed E-state index contributed by atoms with van der Waals surface area (Å²) in [6, 6.07) is 5.80. The van der Waals surface area contributed by atoms with Gasteiger partial charge in [0.15, 0.2) is 0 Å². The standard InChI is InChI=1S/C12H13N2O2/c1-15-11-5-10(6-12(7-11)16-2)8-14-4-3-13-9-14/h4-7,9H,8H2,1-2H3. The first-order valence-electron chi connectivity index (χ1n) is 4.91. The van der Waals surface area contributed by atoms with Crippen molar-refractivity contribution < 1.29 is 9.47 Å². The minimum Gasteiger partial charge on any atom is -0.497 e. The molecule has 0 fully saturated rings. The molecule has 0 aliphatic carbocycles. The highest BCUT2D eigenvalue weighted by molar-refractivity contribution is 5.38. The monoisotopic (exact) mass is 217 g/mol. The Bertz CT molecular complexity index is 430. The lowest BCUT2D eigenvalue weighted by Gasteiger charge is -2.08. The fraction of sp³-hybridized carbons (Fsp3) is 0.250. The van der Waals surface area contributed by atoms with Crippen molar-refractivity contribution in [2.75, 3.05) is 14.2 Å². The lowest BCUT2D eigenvalue weighted by molar-refractivity contribution is 0.393. The smallest absolute Gasteiger partial charge is 0.122 e. The molecule has 4 heteroatoms. The number of aromatic nitrogens is 2. The number of nitrogens with zero attached hydrogens (tertiary/aromatic N) is 2. The summed E-state index contributed by atoms with van der Waals surface area (Å²) in [5, 5.41) is 0. The van der Waals surface area contributed by atoms with Crippen molar-refractivity contribution >= 4 is 0 Å². The largest absolute Gasteiger partial charge is 0.497 e. The van der Waals surface area contributed by atoms with Gasteiger partial charge in [-0.05, 0) is 17.7 Å². The summed E-state index contributed by atoms with van der Waals surface area (Å²) in [5.41, 5.74) is 1.10. The van der Waals surface area contributed by atoms with E-state index >= 15 is 0 Å². The molecule has 0 aliphatic heterocycles. The Morgan fingerprint density at radius 1 is 1.19 bits per heavy atom. The maximum absolute atomic E-state index is 5.20. The first-order chi connectivity index (χ1) is 7.81. The van der Waals surface area contributed by atoms with Crippen LogP contribution in [0.3, 0.4) is 0 Å². The van der Waals surface area contributed by atoms with Crippen LogP contribution in [0.5, 0.6) is 11.5 Å². The fourth-order valence-electron chi connectivity index (χ4n) is 1.50. The SMILES string of the molecule is COc1cc(Cn2c[c]nc2)cc(OC)c1. The van der Waals surface area contributed by atoms with Crippen LogP contribution < -0.4 is 9.47 Å². The molecule has 2 rings (SSSR count). The number of hydrogen-bond acceptors (Lipinski definition) is 3. The van der Waals surface area contributed by atoms with Crippen LogP contribution in [-0.4, -0.2) is 23.8 Å². The Morgan fingerprint density at radius 2 is 1.88 bits per heavy atom. The van der Waals surface area contributed by atoms with E-state index in [-0.39, 0.29) is 0 Å². The van der Waals surface area contributed by atoms with Crippen molar-refractivity contribution in [2.24, 2.45) is 0 Å². The number of ether oxygens (including phenoxy) is 2. The maximum atomic E-state index is 5.20. The topological polar surface area (TPSA) is 36.3 Å². The van der Waals surface area contributed by atoms with Gasteiger partial charge in [0, 0.05) is 18.8 Å². The summed E-state index contributed by atoms with van der Waals surface area (Å²) in [6.45, 7) is 0.726. The van der Waals surface area contributed by atoms with Gasteiger partial charge in [0.1, 0.15) is 17.7 Å². The molecule has 0 N–H and O–H groups in total. The molecule has 0 saturated carbocycles. The van der Waals surface area contributed by atoms with Gasteiger partial charge in [-0.2, -0.15) is 0 Å². The van der Waals surface area contributed by atoms with E-state index in [0.717, 1.165) is 23.6 Å². The number of methoxy groups -OCH3 is 2. The highest BCUT2D eigenvalue weighted by Gasteiger charge is 2.02. The molecule has 0 bridgehead atoms. The van der Waals surface area contributed by atoms with Crippen molar-refractivity contribution in [3.8, 4) is 11.5 Å². The molecule has 0 saturated heterocycles. The van der Waals surface area contributed by atoms with Gasteiger partial charge in [-0.15, -0.1) is 0 Å². The molecular weight excluding hydrogens is 204 g/mol. The van der Waals surface area contributed by atoms with Gasteiger partial charge in [0.05, 0.1) is 20.5 Å². The van der Waals surface area contributed by atoms with Crippen LogP contribution in [-0.2, 0) is 6.54 Å². The van der Waals surface area contributed by atoms with Crippen LogP contribution in [0.25, 0.3) is 0 Å². The van der Waals surface area contributed by atoms with Crippen LogP contribution in [0.15, 0.2) is 30.7 Å². The molecule has 83 valence electrons. The normalized spacial score (nSPS) is 10.1. The molecule has 0 unspecified atom stereocenters. The zero-order valence-corrected chi connectivity index (χ0v) is 9.30. The molecule has 1 aromatic carbocycles. The van der Waals surface area contributed by atoms with Gasteiger partial charge in [-0.1, -0.05) is 0 Å². The van der Waals surface area contributed by atoms with E-state index in [4.69, 9.17) is 9.47 Å². The van der Waals surface area contributed by atoms with Crippen LogP contribution in [0.4, 0.5) is 0 Å². The summed E-state index contributed by atoms with van der Waals surface area (Å²) in [5.74, 6) is 1.58. The number of imidazole rings is 1. The molecule has 4 nitrogen and oxygen atoms in total. The summed E-state index contributed by atoms with van der Waals surface area (Å²) in [7, 11) is 3.28. The molecule has 0 atom stereocenters. The van der Waals surface area contributed by atoms with E-state index in [1.165, 1.54) is 0 Å². The second kappa shape index (κ2) is 4.70. The Hall–Kier alpha value is -1.97. The molecule has 1 heterocycles. The maximum Gasteiger partial charge on any atom is 0.122 e. The van der Waals surface area contributed by atoms with Gasteiger partial charge in [-0.3, -0.25) is 0 Å². The first-order valence-corrected chi connectivity index (χ1v) is 4.91. The van der Waals surface area contributed by atoms with Crippen molar-refractivity contribution in [1.29, 1.82) is 0 Å². The molecule has 1 radical (unpaired) electrons. The van der Waals surface area contributed by atoms with Crippen molar-refractivity contribution in [1.82, 2.24) is 9.55 Å². The van der Waals surface area contributed by atoms with Gasteiger partial charge >= 0.3 is 0 Å². The summed E-state index contributed by atoms with van der Waals surface area (Å²) < 4.78 is 12.3. The Morgan fingerprint density at radius 3 is 2.38 bits per heavy atom. The van der Waals surface area contributed by atoms with E-state index in [2.05, 4.69) is 11.2 Å². The minimum atomic E-state index is 0.726. The fourth-order valence-corrected chi connectivity index (χ4v) is 1.50. The minimum absolute atomic E-state index is 0.726. The molecule has 0 spiro atoms. The molecule has 0 aliphatic rings. The Kier molecular flexibility index (Phi) is 3.10. The zero-order valence-electron chi connectivity index (χ0n) is 9.30. The number of benzene rings is 1. The molecule has 2 aromatic rings. The first kappa shape index (κ1) is 10.5. The summed E-state index contributed by atoms with van der Waals surface area (Å²) >= 11 is 0. The van der Waals surface area contributed by atoms with E-state index < -0.39 is 0 Å². The second-order valence-corrected chi connectivity index (χ2v) is 3.40. The number of hydrogen-bond donors (Lipinski definition) is 0. The van der Waals surface area contributed by atoms with Crippen LogP contribution in [0.1, 0.15) is 5.56 Å². The summed E-state index contributed by atoms with van der Waals surface area (Å²) in [6.07, 6.45) is 6.28. The van der Waals surface area contributed by atoms with Crippen LogP contribution in [0, 0.1) is 6.20 Å². The predicted molar refractivity (Wildman–Crippen MR) is 59.7 cm³/mol. The average molecular weight is 217 g/mol. The third-order valence-corrected chi connectivity index (χ3v) is 2.28. The lowest BCUT2D eigenvalue weighted by atomic mass is 10.2. The molecule has 16 heavy (non-hydrogen) atoms. The highest BCUT2D eigenvalue weighted by atomic mass is 16.5. The predicted octanol–water partition coefficient (Wildman–Crippen LogP) is 1.75. The van der Waals surface area contributed by atoms with E-state index in [0.29, 0.717) is 0 Å². The van der Waals surface area contributed by atoms with Crippen molar-refractivity contribution in [3.05, 3.63) is 42.5 Å². The summed E-state index contributed by atoms with van der Waals surface area (Å²) in [4.78, 5) is 3.88. The molecule has 0 amide bonds. The van der Waals surface area contributed by atoms with Gasteiger partial charge in [0.2, 0.25) is 0 Å². The van der Waals surface area contributed by atoms with Gasteiger partial charge in [0.25, 0.3) is 0 Å². The van der Waals surface area contributed by atoms with Gasteiger partial charge in [-0.25, -0.2) is 4.98 Å². The number of rotatable bonds is 4. The Balaban J connectivity index is 2.26.